The summed E-state index contributed by atoms with van der Waals surface area (Å²) in [6, 6.07) is 11.3. The van der Waals surface area contributed by atoms with E-state index < -0.39 is 24.0 Å². The molecule has 1 saturated carbocycles. The first kappa shape index (κ1) is 13.1. The van der Waals surface area contributed by atoms with Gasteiger partial charge in [0.25, 0.3) is 0 Å². The molecule has 1 aliphatic carbocycles. The fourth-order valence-corrected chi connectivity index (χ4v) is 4.46. The molecule has 3 heteroatoms. The molecule has 0 radical (unpaired) electrons. The first-order valence-electron chi connectivity index (χ1n) is 13.6. The van der Waals surface area contributed by atoms with Gasteiger partial charge in [0, 0.05) is 29.5 Å². The molecule has 0 atom stereocenters. The van der Waals surface area contributed by atoms with Crippen molar-refractivity contribution in [3.8, 4) is 22.5 Å². The quantitative estimate of drug-likeness (QED) is 0.305. The van der Waals surface area contributed by atoms with E-state index in [1.165, 1.54) is 6.42 Å². The predicted molar refractivity (Wildman–Crippen MR) is 126 cm³/mol. The highest BCUT2D eigenvalue weighted by Crippen LogP contribution is 2.37. The SMILES string of the molecule is [2H]c1c([2H])c([2H])c(-c2ccc3c(n2)oc2c(-c4cc(C5([2H])CCCCC5)ccn4)cccc23)c([2H])c1[2H]. The Labute approximate surface area is 190 Å². The molecule has 0 N–H and O–H groups in total. The van der Waals surface area contributed by atoms with E-state index in [0.29, 0.717) is 11.3 Å². The Morgan fingerprint density at radius 1 is 0.903 bits per heavy atom. The largest absolute Gasteiger partial charge is 0.437 e. The molecule has 0 unspecified atom stereocenters. The standard InChI is InChI=1S/C28H24N2O/c1-3-8-19(9-4-1)21-16-17-29-26(18-21)24-13-7-12-22-23-14-15-25(20-10-5-2-6-11-20)30-28(23)31-27(22)24/h2,5-7,10-19H,1,3-4,8-9H2/i2D,5D,6D,10D,11D,19D. The molecule has 0 aliphatic heterocycles. The summed E-state index contributed by atoms with van der Waals surface area (Å²) in [6.07, 6.45) is 6.73. The minimum absolute atomic E-state index is 0.0381. The number of hydrogen-bond acceptors (Lipinski definition) is 3. The van der Waals surface area contributed by atoms with Gasteiger partial charge < -0.3 is 4.42 Å². The number of pyridine rings is 2. The zero-order chi connectivity index (χ0) is 25.9. The third-order valence-electron chi connectivity index (χ3n) is 6.02. The van der Waals surface area contributed by atoms with E-state index in [1.807, 2.05) is 30.3 Å². The summed E-state index contributed by atoms with van der Waals surface area (Å²) in [5, 5.41) is 1.60. The number of fused-ring (bicyclic) bond motifs is 3. The maximum absolute atomic E-state index is 9.02. The Kier molecular flexibility index (Phi) is 3.23. The highest BCUT2D eigenvalue weighted by Gasteiger charge is 2.18. The predicted octanol–water partition coefficient (Wildman–Crippen LogP) is 7.76. The average molecular weight is 411 g/mol. The number of hydrogen-bond donors (Lipinski definition) is 0. The maximum Gasteiger partial charge on any atom is 0.227 e. The van der Waals surface area contributed by atoms with Crippen molar-refractivity contribution in [2.75, 3.05) is 0 Å². The summed E-state index contributed by atoms with van der Waals surface area (Å²) in [7, 11) is 0. The van der Waals surface area contributed by atoms with Gasteiger partial charge in [0.15, 0.2) is 0 Å². The van der Waals surface area contributed by atoms with Crippen LogP contribution in [0.5, 0.6) is 0 Å². The van der Waals surface area contributed by atoms with Crippen molar-refractivity contribution < 1.29 is 12.6 Å². The second-order valence-corrected chi connectivity index (χ2v) is 7.93. The van der Waals surface area contributed by atoms with E-state index in [0.717, 1.165) is 53.3 Å². The van der Waals surface area contributed by atoms with Gasteiger partial charge in [0.1, 0.15) is 5.58 Å². The number of benzene rings is 2. The summed E-state index contributed by atoms with van der Waals surface area (Å²) in [5.74, 6) is -0.599. The van der Waals surface area contributed by atoms with Crippen LogP contribution in [0.1, 0.15) is 51.8 Å². The topological polar surface area (TPSA) is 38.9 Å². The van der Waals surface area contributed by atoms with Crippen molar-refractivity contribution >= 4 is 22.1 Å². The highest BCUT2D eigenvalue weighted by atomic mass is 16.3. The monoisotopic (exact) mass is 410 g/mol. The summed E-state index contributed by atoms with van der Waals surface area (Å²) in [6.45, 7) is 0. The summed E-state index contributed by atoms with van der Waals surface area (Å²) in [5.41, 5.74) is 3.69. The molecule has 152 valence electrons. The van der Waals surface area contributed by atoms with Gasteiger partial charge in [-0.1, -0.05) is 61.6 Å². The summed E-state index contributed by atoms with van der Waals surface area (Å²) in [4.78, 5) is 9.17. The first-order valence-corrected chi connectivity index (χ1v) is 10.6. The molecule has 1 fully saturated rings. The Morgan fingerprint density at radius 2 is 1.77 bits per heavy atom. The minimum Gasteiger partial charge on any atom is -0.437 e. The van der Waals surface area contributed by atoms with Crippen LogP contribution in [-0.2, 0) is 0 Å². The summed E-state index contributed by atoms with van der Waals surface area (Å²) < 4.78 is 55.6. The Balaban J connectivity index is 1.50. The molecule has 0 spiro atoms. The number of furan rings is 1. The second-order valence-electron chi connectivity index (χ2n) is 7.93. The van der Waals surface area contributed by atoms with Crippen LogP contribution in [0.2, 0.25) is 0 Å². The molecule has 3 aromatic heterocycles. The third-order valence-corrected chi connectivity index (χ3v) is 6.02. The second kappa shape index (κ2) is 7.66. The van der Waals surface area contributed by atoms with Gasteiger partial charge in [-0.15, -0.1) is 0 Å². The van der Waals surface area contributed by atoms with Crippen molar-refractivity contribution in [2.45, 2.75) is 38.0 Å². The molecule has 0 amide bonds. The average Bonchev–Trinajstić information content (AvgIpc) is 3.29. The fraction of sp³-hybridized carbons (Fsp3) is 0.214. The maximum atomic E-state index is 9.02. The van der Waals surface area contributed by atoms with Gasteiger partial charge in [-0.2, -0.15) is 0 Å². The van der Waals surface area contributed by atoms with Crippen molar-refractivity contribution in [1.29, 1.82) is 0 Å². The van der Waals surface area contributed by atoms with Crippen molar-refractivity contribution in [1.82, 2.24) is 9.97 Å². The lowest BCUT2D eigenvalue weighted by Gasteiger charge is -2.22. The molecule has 31 heavy (non-hydrogen) atoms. The molecular weight excluding hydrogens is 380 g/mol. The van der Waals surface area contributed by atoms with Crippen LogP contribution >= 0.6 is 0 Å². The van der Waals surface area contributed by atoms with Crippen LogP contribution < -0.4 is 0 Å². The molecule has 2 aromatic carbocycles. The smallest absolute Gasteiger partial charge is 0.227 e. The highest BCUT2D eigenvalue weighted by molar-refractivity contribution is 6.08. The van der Waals surface area contributed by atoms with Crippen LogP contribution in [0.4, 0.5) is 0 Å². The molecule has 5 aromatic rings. The van der Waals surface area contributed by atoms with Crippen LogP contribution in [0, 0.1) is 0 Å². The van der Waals surface area contributed by atoms with Crippen molar-refractivity contribution in [3.63, 3.8) is 0 Å². The molecule has 3 nitrogen and oxygen atoms in total. The van der Waals surface area contributed by atoms with Crippen LogP contribution in [-0.4, -0.2) is 9.97 Å². The third kappa shape index (κ3) is 3.31. The van der Waals surface area contributed by atoms with Gasteiger partial charge in [-0.05, 0) is 54.6 Å². The van der Waals surface area contributed by atoms with E-state index in [1.54, 1.807) is 18.3 Å². The van der Waals surface area contributed by atoms with E-state index in [4.69, 9.17) is 12.6 Å². The van der Waals surface area contributed by atoms with Gasteiger partial charge in [0.05, 0.1) is 18.2 Å². The Bertz CT molecular complexity index is 1660. The molecule has 0 saturated heterocycles. The van der Waals surface area contributed by atoms with E-state index in [-0.39, 0.29) is 23.3 Å². The van der Waals surface area contributed by atoms with Gasteiger partial charge in [-0.3, -0.25) is 4.98 Å². The number of nitrogens with zero attached hydrogens (tertiary/aromatic N) is 2. The lowest BCUT2D eigenvalue weighted by Crippen LogP contribution is -2.04. The minimum atomic E-state index is -0.599. The molecule has 1 aliphatic rings. The number of aromatic nitrogens is 2. The lowest BCUT2D eigenvalue weighted by molar-refractivity contribution is 0.443. The lowest BCUT2D eigenvalue weighted by atomic mass is 9.84. The molecule has 3 heterocycles. The zero-order valence-corrected chi connectivity index (χ0v) is 17.0. The van der Waals surface area contributed by atoms with Crippen LogP contribution in [0.25, 0.3) is 44.6 Å². The van der Waals surface area contributed by atoms with Crippen molar-refractivity contribution in [2.24, 2.45) is 0 Å². The van der Waals surface area contributed by atoms with E-state index >= 15 is 0 Å². The normalized spacial score (nSPS) is 18.7. The van der Waals surface area contributed by atoms with Gasteiger partial charge in [0.2, 0.25) is 5.71 Å². The summed E-state index contributed by atoms with van der Waals surface area (Å²) >= 11 is 0. The van der Waals surface area contributed by atoms with Crippen LogP contribution in [0.15, 0.2) is 83.3 Å². The Hall–Kier alpha value is -3.46. The molecule has 6 rings (SSSR count). The van der Waals surface area contributed by atoms with E-state index in [2.05, 4.69) is 9.97 Å². The van der Waals surface area contributed by atoms with Gasteiger partial charge in [-0.25, -0.2) is 4.98 Å². The van der Waals surface area contributed by atoms with Crippen molar-refractivity contribution in [3.05, 3.63) is 84.4 Å². The number of para-hydroxylation sites is 1. The van der Waals surface area contributed by atoms with E-state index in [9.17, 15) is 0 Å². The zero-order valence-electron chi connectivity index (χ0n) is 23.0. The molecule has 0 bridgehead atoms. The Morgan fingerprint density at radius 3 is 2.65 bits per heavy atom. The first-order chi connectivity index (χ1) is 17.8. The molecular formula is C28H24N2O. The number of rotatable bonds is 3. The van der Waals surface area contributed by atoms with Gasteiger partial charge >= 0.3 is 0 Å². The fourth-order valence-electron chi connectivity index (χ4n) is 4.46. The van der Waals surface area contributed by atoms with Crippen LogP contribution in [0.3, 0.4) is 0 Å².